The van der Waals surface area contributed by atoms with Crippen molar-refractivity contribution in [2.75, 3.05) is 0 Å². The van der Waals surface area contributed by atoms with Gasteiger partial charge >= 0.3 is 5.97 Å². The number of carbonyl (C=O) groups excluding carboxylic acids is 3. The summed E-state index contributed by atoms with van der Waals surface area (Å²) in [6.45, 7) is 0. The highest BCUT2D eigenvalue weighted by molar-refractivity contribution is 7.14. The fraction of sp³-hybridized carbons (Fsp3) is 0.0714. The summed E-state index contributed by atoms with van der Waals surface area (Å²) in [5.74, 6) is -1.96. The quantitative estimate of drug-likeness (QED) is 0.815. The molecule has 0 atom stereocenters. The lowest BCUT2D eigenvalue weighted by Gasteiger charge is -2.12. The second-order valence-corrected chi connectivity index (χ2v) is 5.89. The summed E-state index contributed by atoms with van der Waals surface area (Å²) in [5.41, 5.74) is 1.13. The van der Waals surface area contributed by atoms with Crippen LogP contribution < -0.4 is 0 Å². The van der Waals surface area contributed by atoms with Crippen LogP contribution in [0.15, 0.2) is 35.7 Å². The summed E-state index contributed by atoms with van der Waals surface area (Å²) in [4.78, 5) is 40.7. The molecule has 0 saturated carbocycles. The Labute approximate surface area is 128 Å². The SMILES string of the molecule is O=C(Cc1csc(Cl)c1)ON1C(=O)c2ccccc2C1=O. The van der Waals surface area contributed by atoms with Crippen LogP contribution in [0.3, 0.4) is 0 Å². The van der Waals surface area contributed by atoms with E-state index in [1.54, 1.807) is 23.6 Å². The highest BCUT2D eigenvalue weighted by atomic mass is 35.5. The topological polar surface area (TPSA) is 63.7 Å². The van der Waals surface area contributed by atoms with E-state index in [1.165, 1.54) is 23.5 Å². The van der Waals surface area contributed by atoms with Crippen LogP contribution in [-0.4, -0.2) is 22.8 Å². The molecule has 1 aromatic heterocycles. The molecule has 0 radical (unpaired) electrons. The van der Waals surface area contributed by atoms with Crippen molar-refractivity contribution in [3.05, 3.63) is 56.7 Å². The van der Waals surface area contributed by atoms with Gasteiger partial charge in [-0.1, -0.05) is 28.8 Å². The zero-order valence-electron chi connectivity index (χ0n) is 10.5. The number of nitrogens with zero attached hydrogens (tertiary/aromatic N) is 1. The van der Waals surface area contributed by atoms with Crippen molar-refractivity contribution >= 4 is 40.7 Å². The number of hydrogen-bond acceptors (Lipinski definition) is 5. The molecule has 0 aliphatic carbocycles. The number of halogens is 1. The second-order valence-electron chi connectivity index (χ2n) is 4.35. The van der Waals surface area contributed by atoms with Crippen molar-refractivity contribution in [1.82, 2.24) is 5.06 Å². The number of fused-ring (bicyclic) bond motifs is 1. The predicted octanol–water partition coefficient (Wildman–Crippen LogP) is 2.70. The first kappa shape index (κ1) is 13.8. The largest absolute Gasteiger partial charge is 0.337 e. The molecule has 2 amide bonds. The van der Waals surface area contributed by atoms with E-state index in [1.807, 2.05) is 0 Å². The fourth-order valence-corrected chi connectivity index (χ4v) is 2.90. The summed E-state index contributed by atoms with van der Waals surface area (Å²) in [5, 5.41) is 2.22. The predicted molar refractivity (Wildman–Crippen MR) is 76.1 cm³/mol. The van der Waals surface area contributed by atoms with E-state index in [0.29, 0.717) is 15.0 Å². The van der Waals surface area contributed by atoms with Gasteiger partial charge in [0.05, 0.1) is 21.9 Å². The maximum atomic E-state index is 12.0. The van der Waals surface area contributed by atoms with Crippen LogP contribution in [0.1, 0.15) is 26.3 Å². The second kappa shape index (κ2) is 5.31. The van der Waals surface area contributed by atoms with Crippen molar-refractivity contribution in [1.29, 1.82) is 0 Å². The van der Waals surface area contributed by atoms with Crippen LogP contribution >= 0.6 is 22.9 Å². The first-order valence-electron chi connectivity index (χ1n) is 5.98. The molecule has 3 rings (SSSR count). The van der Waals surface area contributed by atoms with Crippen LogP contribution in [0, 0.1) is 0 Å². The maximum Gasteiger partial charge on any atom is 0.337 e. The summed E-state index contributed by atoms with van der Waals surface area (Å²) in [7, 11) is 0. The first-order chi connectivity index (χ1) is 10.1. The molecular weight excluding hydrogens is 314 g/mol. The third-order valence-corrected chi connectivity index (χ3v) is 4.06. The Balaban J connectivity index is 1.73. The maximum absolute atomic E-state index is 12.0. The third-order valence-electron chi connectivity index (χ3n) is 2.92. The van der Waals surface area contributed by atoms with Gasteiger partial charge in [0.15, 0.2) is 0 Å². The van der Waals surface area contributed by atoms with Gasteiger partial charge in [0.1, 0.15) is 0 Å². The van der Waals surface area contributed by atoms with Gasteiger partial charge in [0, 0.05) is 0 Å². The minimum atomic E-state index is -0.695. The molecule has 0 spiro atoms. The van der Waals surface area contributed by atoms with E-state index in [2.05, 4.69) is 0 Å². The molecule has 106 valence electrons. The van der Waals surface area contributed by atoms with Gasteiger partial charge in [-0.2, -0.15) is 0 Å². The Hall–Kier alpha value is -2.18. The summed E-state index contributed by atoms with van der Waals surface area (Å²) in [6.07, 6.45) is -0.0589. The molecule has 2 aromatic rings. The molecule has 1 aromatic carbocycles. The number of thiophene rings is 1. The molecule has 5 nitrogen and oxygen atoms in total. The molecule has 0 unspecified atom stereocenters. The monoisotopic (exact) mass is 321 g/mol. The number of carbonyl (C=O) groups is 3. The van der Waals surface area contributed by atoms with Gasteiger partial charge < -0.3 is 4.84 Å². The Morgan fingerprint density at radius 2 is 1.81 bits per heavy atom. The minimum absolute atomic E-state index is 0.0589. The van der Waals surface area contributed by atoms with E-state index in [-0.39, 0.29) is 17.5 Å². The fourth-order valence-electron chi connectivity index (χ4n) is 1.99. The van der Waals surface area contributed by atoms with E-state index < -0.39 is 17.8 Å². The molecule has 7 heteroatoms. The lowest BCUT2D eigenvalue weighted by molar-refractivity contribution is -0.167. The van der Waals surface area contributed by atoms with Gasteiger partial charge in [-0.25, -0.2) is 4.79 Å². The lowest BCUT2D eigenvalue weighted by atomic mass is 10.1. The van der Waals surface area contributed by atoms with Crippen LogP contribution in [0.5, 0.6) is 0 Å². The third kappa shape index (κ3) is 2.55. The Kier molecular flexibility index (Phi) is 3.48. The smallest absolute Gasteiger partial charge is 0.329 e. The van der Waals surface area contributed by atoms with Crippen LogP contribution in [0.2, 0.25) is 4.34 Å². The highest BCUT2D eigenvalue weighted by Gasteiger charge is 2.38. The van der Waals surface area contributed by atoms with Crippen molar-refractivity contribution in [2.45, 2.75) is 6.42 Å². The molecule has 0 N–H and O–H groups in total. The van der Waals surface area contributed by atoms with Crippen molar-refractivity contribution < 1.29 is 19.2 Å². The normalized spacial score (nSPS) is 13.5. The van der Waals surface area contributed by atoms with E-state index in [9.17, 15) is 14.4 Å². The van der Waals surface area contributed by atoms with Crippen molar-refractivity contribution in [3.63, 3.8) is 0 Å². The Morgan fingerprint density at radius 3 is 2.33 bits per heavy atom. The molecule has 0 saturated heterocycles. The van der Waals surface area contributed by atoms with Crippen LogP contribution in [-0.2, 0) is 16.1 Å². The van der Waals surface area contributed by atoms with E-state index >= 15 is 0 Å². The summed E-state index contributed by atoms with van der Waals surface area (Å²) < 4.78 is 0.554. The van der Waals surface area contributed by atoms with Crippen molar-refractivity contribution in [2.24, 2.45) is 0 Å². The van der Waals surface area contributed by atoms with Gasteiger partial charge in [-0.3, -0.25) is 9.59 Å². The Morgan fingerprint density at radius 1 is 1.19 bits per heavy atom. The number of amides is 2. The van der Waals surface area contributed by atoms with Gasteiger partial charge in [0.25, 0.3) is 11.8 Å². The molecule has 21 heavy (non-hydrogen) atoms. The van der Waals surface area contributed by atoms with Crippen LogP contribution in [0.4, 0.5) is 0 Å². The van der Waals surface area contributed by atoms with Crippen molar-refractivity contribution in [3.8, 4) is 0 Å². The van der Waals surface area contributed by atoms with Crippen LogP contribution in [0.25, 0.3) is 0 Å². The number of imide groups is 1. The average molecular weight is 322 g/mol. The number of hydrogen-bond donors (Lipinski definition) is 0. The molecule has 1 aliphatic rings. The zero-order valence-corrected chi connectivity index (χ0v) is 12.1. The number of rotatable bonds is 3. The number of benzene rings is 1. The number of hydroxylamine groups is 2. The lowest BCUT2D eigenvalue weighted by Crippen LogP contribution is -2.33. The highest BCUT2D eigenvalue weighted by Crippen LogP contribution is 2.24. The molecule has 0 fully saturated rings. The van der Waals surface area contributed by atoms with Gasteiger partial charge in [-0.15, -0.1) is 11.3 Å². The van der Waals surface area contributed by atoms with E-state index in [0.717, 1.165) is 0 Å². The standard InChI is InChI=1S/C14H8ClNO4S/c15-11-5-8(7-21-11)6-12(17)20-16-13(18)9-3-1-2-4-10(9)14(16)19/h1-5,7H,6H2. The van der Waals surface area contributed by atoms with E-state index in [4.69, 9.17) is 16.4 Å². The molecular formula is C14H8ClNO4S. The Bertz CT molecular complexity index is 720. The average Bonchev–Trinajstić information content (AvgIpc) is 2.97. The zero-order chi connectivity index (χ0) is 15.0. The molecule has 0 bridgehead atoms. The summed E-state index contributed by atoms with van der Waals surface area (Å²) >= 11 is 7.06. The molecule has 1 aliphatic heterocycles. The summed E-state index contributed by atoms with van der Waals surface area (Å²) in [6, 6.07) is 7.95. The van der Waals surface area contributed by atoms with Gasteiger partial charge in [0.2, 0.25) is 0 Å². The van der Waals surface area contributed by atoms with Gasteiger partial charge in [-0.05, 0) is 29.1 Å². The first-order valence-corrected chi connectivity index (χ1v) is 7.23. The minimum Gasteiger partial charge on any atom is -0.329 e. The molecule has 2 heterocycles.